The minimum Gasteiger partial charge on any atom is -0.393 e. The molecular formula is C11H17NO3. The van der Waals surface area contributed by atoms with Crippen LogP contribution in [0.2, 0.25) is 0 Å². The van der Waals surface area contributed by atoms with Crippen molar-refractivity contribution in [1.82, 2.24) is 0 Å². The van der Waals surface area contributed by atoms with Crippen molar-refractivity contribution in [3.63, 3.8) is 0 Å². The topological polar surface area (TPSA) is 63.4 Å². The molecule has 4 aliphatic carbocycles. The van der Waals surface area contributed by atoms with Gasteiger partial charge >= 0.3 is 0 Å². The van der Waals surface area contributed by atoms with Gasteiger partial charge in [0.2, 0.25) is 6.54 Å². The van der Waals surface area contributed by atoms with Crippen LogP contribution < -0.4 is 0 Å². The fourth-order valence-corrected chi connectivity index (χ4v) is 4.63. The van der Waals surface area contributed by atoms with Gasteiger partial charge in [-0.05, 0) is 49.9 Å². The Balaban J connectivity index is 1.85. The smallest absolute Gasteiger partial charge is 0.209 e. The quantitative estimate of drug-likeness (QED) is 0.555. The van der Waals surface area contributed by atoms with Crippen molar-refractivity contribution in [3.8, 4) is 0 Å². The van der Waals surface area contributed by atoms with Gasteiger partial charge in [-0.3, -0.25) is 10.1 Å². The molecule has 15 heavy (non-hydrogen) atoms. The van der Waals surface area contributed by atoms with E-state index in [2.05, 4.69) is 0 Å². The molecule has 84 valence electrons. The third kappa shape index (κ3) is 1.38. The van der Waals surface area contributed by atoms with Crippen LogP contribution in [0.25, 0.3) is 0 Å². The molecule has 4 unspecified atom stereocenters. The highest BCUT2D eigenvalue weighted by Gasteiger charge is 2.56. The summed E-state index contributed by atoms with van der Waals surface area (Å²) >= 11 is 0. The molecule has 4 bridgehead atoms. The van der Waals surface area contributed by atoms with E-state index in [0.717, 1.165) is 32.1 Å². The standard InChI is InChI=1S/C11H17NO3/c13-10-8-1-7-2-9(10)5-11(3-7,4-8)6-12(14)15/h7-10,13H,1-6H2/t7?,8-,9?,10?,11?/m0/s1. The van der Waals surface area contributed by atoms with E-state index >= 15 is 0 Å². The molecule has 4 fully saturated rings. The molecule has 0 aromatic rings. The Morgan fingerprint density at radius 3 is 2.40 bits per heavy atom. The average molecular weight is 211 g/mol. The van der Waals surface area contributed by atoms with Gasteiger partial charge in [0.1, 0.15) is 0 Å². The van der Waals surface area contributed by atoms with Gasteiger partial charge in [-0.15, -0.1) is 0 Å². The monoisotopic (exact) mass is 211 g/mol. The Labute approximate surface area is 88.8 Å². The van der Waals surface area contributed by atoms with E-state index in [4.69, 9.17) is 0 Å². The van der Waals surface area contributed by atoms with E-state index in [1.54, 1.807) is 0 Å². The Kier molecular flexibility index (Phi) is 1.88. The molecule has 5 atom stereocenters. The second kappa shape index (κ2) is 2.94. The number of rotatable bonds is 2. The molecule has 4 heteroatoms. The van der Waals surface area contributed by atoms with Gasteiger partial charge in [0.05, 0.1) is 6.10 Å². The number of nitrogens with zero attached hydrogens (tertiary/aromatic N) is 1. The van der Waals surface area contributed by atoms with Gasteiger partial charge in [0, 0.05) is 10.3 Å². The van der Waals surface area contributed by atoms with Crippen LogP contribution in [0.4, 0.5) is 0 Å². The van der Waals surface area contributed by atoms with E-state index in [9.17, 15) is 15.2 Å². The van der Waals surface area contributed by atoms with Crippen LogP contribution in [-0.4, -0.2) is 22.7 Å². The van der Waals surface area contributed by atoms with Crippen molar-refractivity contribution in [2.24, 2.45) is 23.2 Å². The first-order chi connectivity index (χ1) is 7.08. The van der Waals surface area contributed by atoms with Crippen LogP contribution in [0.5, 0.6) is 0 Å². The molecule has 0 radical (unpaired) electrons. The van der Waals surface area contributed by atoms with Crippen LogP contribution >= 0.6 is 0 Å². The van der Waals surface area contributed by atoms with Gasteiger partial charge in [-0.1, -0.05) is 0 Å². The minimum absolute atomic E-state index is 0.0563. The Bertz CT molecular complexity index is 288. The molecule has 4 nitrogen and oxygen atoms in total. The first-order valence-corrected chi connectivity index (χ1v) is 5.88. The van der Waals surface area contributed by atoms with Crippen molar-refractivity contribution in [2.75, 3.05) is 6.54 Å². The van der Waals surface area contributed by atoms with Crippen LogP contribution in [0, 0.1) is 33.3 Å². The number of hydrogen-bond donors (Lipinski definition) is 1. The maximum atomic E-state index is 10.7. The van der Waals surface area contributed by atoms with Gasteiger partial charge in [-0.25, -0.2) is 0 Å². The summed E-state index contributed by atoms with van der Waals surface area (Å²) in [5, 5.41) is 20.7. The van der Waals surface area contributed by atoms with Crippen molar-refractivity contribution in [3.05, 3.63) is 10.1 Å². The van der Waals surface area contributed by atoms with Crippen molar-refractivity contribution in [1.29, 1.82) is 0 Å². The second-order valence-corrected chi connectivity index (χ2v) is 5.95. The Hall–Kier alpha value is -0.640. The predicted octanol–water partition coefficient (Wildman–Crippen LogP) is 1.45. The molecule has 0 aromatic carbocycles. The summed E-state index contributed by atoms with van der Waals surface area (Å²) in [6, 6.07) is 0. The molecule has 4 aliphatic rings. The summed E-state index contributed by atoms with van der Waals surface area (Å²) in [4.78, 5) is 10.6. The zero-order valence-electron chi connectivity index (χ0n) is 8.76. The number of aliphatic hydroxyl groups excluding tert-OH is 1. The third-order valence-electron chi connectivity index (χ3n) is 4.81. The molecule has 0 aliphatic heterocycles. The highest BCUT2D eigenvalue weighted by Crippen LogP contribution is 2.59. The van der Waals surface area contributed by atoms with Gasteiger partial charge < -0.3 is 5.11 Å². The van der Waals surface area contributed by atoms with Crippen molar-refractivity contribution < 1.29 is 10.0 Å². The molecule has 0 saturated heterocycles. The number of hydrogen-bond acceptors (Lipinski definition) is 3. The molecule has 4 saturated carbocycles. The third-order valence-corrected chi connectivity index (χ3v) is 4.81. The lowest BCUT2D eigenvalue weighted by Gasteiger charge is -2.57. The summed E-state index contributed by atoms with van der Waals surface area (Å²) in [5.41, 5.74) is -0.0563. The average Bonchev–Trinajstić information content (AvgIpc) is 2.10. The second-order valence-electron chi connectivity index (χ2n) is 5.95. The lowest BCUT2D eigenvalue weighted by Crippen LogP contribution is -2.55. The summed E-state index contributed by atoms with van der Waals surface area (Å²) < 4.78 is 0. The predicted molar refractivity (Wildman–Crippen MR) is 53.9 cm³/mol. The highest BCUT2D eigenvalue weighted by molar-refractivity contribution is 5.04. The molecule has 4 rings (SSSR count). The molecule has 0 aromatic heterocycles. The molecule has 0 amide bonds. The summed E-state index contributed by atoms with van der Waals surface area (Å²) in [6.07, 6.45) is 4.87. The first-order valence-electron chi connectivity index (χ1n) is 5.88. The normalized spacial score (nSPS) is 52.1. The molecule has 1 N–H and O–H groups in total. The van der Waals surface area contributed by atoms with Gasteiger partial charge in [-0.2, -0.15) is 0 Å². The summed E-state index contributed by atoms with van der Waals surface area (Å²) in [7, 11) is 0. The van der Waals surface area contributed by atoms with Crippen LogP contribution in [0.1, 0.15) is 32.1 Å². The number of nitro groups is 1. The Morgan fingerprint density at radius 2 is 1.87 bits per heavy atom. The summed E-state index contributed by atoms with van der Waals surface area (Å²) in [6.45, 7) is 0.128. The SMILES string of the molecule is O=[N+]([O-])CC12CC3CC(C1)C(O)[C@@H](C3)C2. The van der Waals surface area contributed by atoms with Gasteiger partial charge in [0.15, 0.2) is 0 Å². The van der Waals surface area contributed by atoms with E-state index in [1.165, 1.54) is 0 Å². The molecular weight excluding hydrogens is 194 g/mol. The molecule has 0 heterocycles. The molecule has 0 spiro atoms. The number of aliphatic hydroxyl groups is 1. The minimum atomic E-state index is -0.165. The van der Waals surface area contributed by atoms with Crippen molar-refractivity contribution >= 4 is 0 Å². The van der Waals surface area contributed by atoms with Gasteiger partial charge in [0.25, 0.3) is 0 Å². The van der Waals surface area contributed by atoms with E-state index in [-0.39, 0.29) is 23.0 Å². The van der Waals surface area contributed by atoms with Crippen LogP contribution in [0.15, 0.2) is 0 Å². The lowest BCUT2D eigenvalue weighted by atomic mass is 9.48. The van der Waals surface area contributed by atoms with Crippen molar-refractivity contribution in [2.45, 2.75) is 38.2 Å². The lowest BCUT2D eigenvalue weighted by molar-refractivity contribution is -0.503. The van der Waals surface area contributed by atoms with E-state index in [0.29, 0.717) is 17.8 Å². The Morgan fingerprint density at radius 1 is 1.27 bits per heavy atom. The van der Waals surface area contributed by atoms with Crippen LogP contribution in [0.3, 0.4) is 0 Å². The fourth-order valence-electron chi connectivity index (χ4n) is 4.63. The zero-order valence-corrected chi connectivity index (χ0v) is 8.76. The largest absolute Gasteiger partial charge is 0.393 e. The maximum Gasteiger partial charge on any atom is 0.209 e. The zero-order chi connectivity index (χ0) is 10.6. The highest BCUT2D eigenvalue weighted by atomic mass is 16.6. The first kappa shape index (κ1) is 9.58. The van der Waals surface area contributed by atoms with E-state index < -0.39 is 0 Å². The van der Waals surface area contributed by atoms with E-state index in [1.807, 2.05) is 0 Å². The van der Waals surface area contributed by atoms with Crippen LogP contribution in [-0.2, 0) is 0 Å². The fraction of sp³-hybridized carbons (Fsp3) is 1.00. The maximum absolute atomic E-state index is 10.7. The summed E-state index contributed by atoms with van der Waals surface area (Å²) in [5.74, 6) is 1.37.